The lowest BCUT2D eigenvalue weighted by Crippen LogP contribution is -2.35. The SMILES string of the molecule is COc1ccc(C(=O)NC2CCCCCCC2)cc1COc1ccc(C)cc1. The fourth-order valence-corrected chi connectivity index (χ4v) is 3.70. The molecule has 1 fully saturated rings. The van der Waals surface area contributed by atoms with Gasteiger partial charge in [0.25, 0.3) is 5.91 Å². The third-order valence-electron chi connectivity index (χ3n) is 5.40. The molecule has 4 nitrogen and oxygen atoms in total. The van der Waals surface area contributed by atoms with Crippen LogP contribution in [0, 0.1) is 6.92 Å². The molecular weight excluding hydrogens is 350 g/mol. The summed E-state index contributed by atoms with van der Waals surface area (Å²) in [5.74, 6) is 1.52. The zero-order chi connectivity index (χ0) is 19.8. The molecule has 0 spiro atoms. The van der Waals surface area contributed by atoms with E-state index in [1.54, 1.807) is 7.11 Å². The van der Waals surface area contributed by atoms with Crippen molar-refractivity contribution in [3.8, 4) is 11.5 Å². The van der Waals surface area contributed by atoms with Gasteiger partial charge in [-0.2, -0.15) is 0 Å². The van der Waals surface area contributed by atoms with Crippen LogP contribution in [0.25, 0.3) is 0 Å². The molecule has 1 aliphatic carbocycles. The topological polar surface area (TPSA) is 47.6 Å². The van der Waals surface area contributed by atoms with Crippen molar-refractivity contribution in [3.63, 3.8) is 0 Å². The Kier molecular flexibility index (Phi) is 7.35. The first-order chi connectivity index (χ1) is 13.7. The van der Waals surface area contributed by atoms with Crippen molar-refractivity contribution in [3.05, 3.63) is 59.2 Å². The smallest absolute Gasteiger partial charge is 0.251 e. The van der Waals surface area contributed by atoms with Crippen LogP contribution >= 0.6 is 0 Å². The number of ether oxygens (including phenoxy) is 2. The predicted octanol–water partition coefficient (Wildman–Crippen LogP) is 5.43. The van der Waals surface area contributed by atoms with Gasteiger partial charge in [-0.3, -0.25) is 4.79 Å². The van der Waals surface area contributed by atoms with Crippen LogP contribution < -0.4 is 14.8 Å². The Morgan fingerprint density at radius 1 is 1.00 bits per heavy atom. The van der Waals surface area contributed by atoms with Crippen molar-refractivity contribution in [2.24, 2.45) is 0 Å². The zero-order valence-electron chi connectivity index (χ0n) is 17.0. The number of hydrogen-bond donors (Lipinski definition) is 1. The molecule has 4 heteroatoms. The van der Waals surface area contributed by atoms with E-state index in [1.807, 2.05) is 49.4 Å². The number of rotatable bonds is 6. The summed E-state index contributed by atoms with van der Waals surface area (Å²) in [4.78, 5) is 12.8. The van der Waals surface area contributed by atoms with Crippen LogP contribution in [0.1, 0.15) is 66.4 Å². The Morgan fingerprint density at radius 2 is 1.68 bits per heavy atom. The van der Waals surface area contributed by atoms with E-state index in [-0.39, 0.29) is 11.9 Å². The average molecular weight is 382 g/mol. The molecule has 1 amide bonds. The van der Waals surface area contributed by atoms with Crippen LogP contribution in [0.15, 0.2) is 42.5 Å². The zero-order valence-corrected chi connectivity index (χ0v) is 17.0. The van der Waals surface area contributed by atoms with E-state index in [1.165, 1.54) is 37.7 Å². The van der Waals surface area contributed by atoms with Crippen molar-refractivity contribution in [1.29, 1.82) is 0 Å². The highest BCUT2D eigenvalue weighted by Gasteiger charge is 2.16. The number of benzene rings is 2. The van der Waals surface area contributed by atoms with Gasteiger partial charge in [-0.25, -0.2) is 0 Å². The van der Waals surface area contributed by atoms with Crippen molar-refractivity contribution >= 4 is 5.91 Å². The van der Waals surface area contributed by atoms with E-state index in [9.17, 15) is 4.79 Å². The van der Waals surface area contributed by atoms with Crippen molar-refractivity contribution < 1.29 is 14.3 Å². The number of amides is 1. The lowest BCUT2D eigenvalue weighted by molar-refractivity contribution is 0.0930. The highest BCUT2D eigenvalue weighted by atomic mass is 16.5. The van der Waals surface area contributed by atoms with E-state index in [4.69, 9.17) is 9.47 Å². The molecule has 0 heterocycles. The van der Waals surface area contributed by atoms with Gasteiger partial charge in [0.15, 0.2) is 0 Å². The number of nitrogens with one attached hydrogen (secondary N) is 1. The fraction of sp³-hybridized carbons (Fsp3) is 0.458. The third-order valence-corrected chi connectivity index (χ3v) is 5.40. The molecule has 0 saturated heterocycles. The largest absolute Gasteiger partial charge is 0.496 e. The van der Waals surface area contributed by atoms with Crippen LogP contribution in [-0.4, -0.2) is 19.1 Å². The Bertz CT molecular complexity index is 762. The molecule has 0 unspecified atom stereocenters. The van der Waals surface area contributed by atoms with Gasteiger partial charge in [0.1, 0.15) is 18.1 Å². The molecule has 0 atom stereocenters. The van der Waals surface area contributed by atoms with Gasteiger partial charge in [0.2, 0.25) is 0 Å². The van der Waals surface area contributed by atoms with Gasteiger partial charge in [0.05, 0.1) is 7.11 Å². The van der Waals surface area contributed by atoms with Crippen LogP contribution in [0.4, 0.5) is 0 Å². The first-order valence-corrected chi connectivity index (χ1v) is 10.3. The van der Waals surface area contributed by atoms with Crippen molar-refractivity contribution in [2.75, 3.05) is 7.11 Å². The summed E-state index contributed by atoms with van der Waals surface area (Å²) < 4.78 is 11.3. The minimum Gasteiger partial charge on any atom is -0.496 e. The summed E-state index contributed by atoms with van der Waals surface area (Å²) in [5, 5.41) is 3.23. The summed E-state index contributed by atoms with van der Waals surface area (Å²) in [6.07, 6.45) is 8.41. The monoisotopic (exact) mass is 381 g/mol. The summed E-state index contributed by atoms with van der Waals surface area (Å²) in [6, 6.07) is 13.8. The van der Waals surface area contributed by atoms with Crippen LogP contribution in [0.2, 0.25) is 0 Å². The molecule has 1 N–H and O–H groups in total. The van der Waals surface area contributed by atoms with Crippen LogP contribution in [0.3, 0.4) is 0 Å². The lowest BCUT2D eigenvalue weighted by atomic mass is 9.96. The van der Waals surface area contributed by atoms with E-state index in [2.05, 4.69) is 5.32 Å². The van der Waals surface area contributed by atoms with Gasteiger partial charge in [-0.1, -0.05) is 49.8 Å². The molecular formula is C24H31NO3. The van der Waals surface area contributed by atoms with E-state index < -0.39 is 0 Å². The molecule has 0 radical (unpaired) electrons. The highest BCUT2D eigenvalue weighted by molar-refractivity contribution is 5.94. The Hall–Kier alpha value is -2.49. The number of methoxy groups -OCH3 is 1. The van der Waals surface area contributed by atoms with Gasteiger partial charge in [0, 0.05) is 17.2 Å². The number of carbonyl (C=O) groups excluding carboxylic acids is 1. The molecule has 0 aromatic heterocycles. The first kappa shape index (κ1) is 20.2. The molecule has 0 bridgehead atoms. The van der Waals surface area contributed by atoms with Gasteiger partial charge in [-0.05, 0) is 50.1 Å². The number of hydrogen-bond acceptors (Lipinski definition) is 3. The maximum atomic E-state index is 12.8. The molecule has 3 rings (SSSR count). The summed E-state index contributed by atoms with van der Waals surface area (Å²) >= 11 is 0. The first-order valence-electron chi connectivity index (χ1n) is 10.3. The maximum absolute atomic E-state index is 12.8. The molecule has 2 aromatic rings. The second kappa shape index (κ2) is 10.2. The highest BCUT2D eigenvalue weighted by Crippen LogP contribution is 2.23. The van der Waals surface area contributed by atoms with Gasteiger partial charge >= 0.3 is 0 Å². The Labute approximate surface area is 168 Å². The van der Waals surface area contributed by atoms with Crippen LogP contribution in [0.5, 0.6) is 11.5 Å². The second-order valence-electron chi connectivity index (χ2n) is 7.64. The minimum absolute atomic E-state index is 0.00943. The predicted molar refractivity (Wildman–Crippen MR) is 112 cm³/mol. The standard InChI is InChI=1S/C24H31NO3/c1-18-10-13-22(14-11-18)28-17-20-16-19(12-15-23(20)27-2)24(26)25-21-8-6-4-3-5-7-9-21/h10-16,21H,3-9,17H2,1-2H3,(H,25,26). The molecule has 1 aliphatic rings. The summed E-state index contributed by atoms with van der Waals surface area (Å²) in [7, 11) is 1.64. The molecule has 2 aromatic carbocycles. The van der Waals surface area contributed by atoms with E-state index >= 15 is 0 Å². The van der Waals surface area contributed by atoms with Gasteiger partial charge in [-0.15, -0.1) is 0 Å². The Balaban J connectivity index is 1.66. The Morgan fingerprint density at radius 3 is 2.36 bits per heavy atom. The van der Waals surface area contributed by atoms with Gasteiger partial charge < -0.3 is 14.8 Å². The fourth-order valence-electron chi connectivity index (χ4n) is 3.70. The molecule has 28 heavy (non-hydrogen) atoms. The van der Waals surface area contributed by atoms with E-state index in [0.717, 1.165) is 29.9 Å². The molecule has 1 saturated carbocycles. The number of carbonyl (C=O) groups is 1. The normalized spacial score (nSPS) is 15.4. The van der Waals surface area contributed by atoms with Crippen molar-refractivity contribution in [2.45, 2.75) is 64.5 Å². The lowest BCUT2D eigenvalue weighted by Gasteiger charge is -2.21. The minimum atomic E-state index is -0.00943. The van der Waals surface area contributed by atoms with E-state index in [0.29, 0.717) is 12.2 Å². The summed E-state index contributed by atoms with van der Waals surface area (Å²) in [5.41, 5.74) is 2.72. The van der Waals surface area contributed by atoms with Crippen molar-refractivity contribution in [1.82, 2.24) is 5.32 Å². The second-order valence-corrected chi connectivity index (χ2v) is 7.64. The maximum Gasteiger partial charge on any atom is 0.251 e. The molecule has 0 aliphatic heterocycles. The quantitative estimate of drug-likeness (QED) is 0.726. The summed E-state index contributed by atoms with van der Waals surface area (Å²) in [6.45, 7) is 2.40. The molecule has 150 valence electrons. The average Bonchev–Trinajstić information content (AvgIpc) is 2.69. The third kappa shape index (κ3) is 5.75. The van der Waals surface area contributed by atoms with Crippen LogP contribution in [-0.2, 0) is 6.61 Å². The number of aryl methyl sites for hydroxylation is 1.